The summed E-state index contributed by atoms with van der Waals surface area (Å²) in [5, 5.41) is 18.7. The highest BCUT2D eigenvalue weighted by Gasteiger charge is 2.26. The van der Waals surface area contributed by atoms with E-state index in [-0.39, 0.29) is 36.3 Å². The van der Waals surface area contributed by atoms with E-state index in [0.29, 0.717) is 12.2 Å². The minimum Gasteiger partial charge on any atom is -0.396 e. The maximum Gasteiger partial charge on any atom is 0.0761 e. The molecule has 30 heavy (non-hydrogen) atoms. The minimum absolute atomic E-state index is 0.0525. The lowest BCUT2D eigenvalue weighted by Gasteiger charge is -2.21. The average Bonchev–Trinajstić information content (AvgIpc) is 3.36. The van der Waals surface area contributed by atoms with Gasteiger partial charge < -0.3 is 19.7 Å². The number of ether oxygens (including phenoxy) is 2. The molecule has 4 unspecified atom stereocenters. The molecular weight excluding hydrogens is 376 g/mol. The number of unbranched alkanes of at least 4 members (excludes halogenated alkanes) is 2. The lowest BCUT2D eigenvalue weighted by Crippen LogP contribution is -2.16. The van der Waals surface area contributed by atoms with Gasteiger partial charge in [0.15, 0.2) is 0 Å². The van der Waals surface area contributed by atoms with Crippen LogP contribution in [-0.2, 0) is 9.47 Å². The highest BCUT2D eigenvalue weighted by atomic mass is 16.5. The van der Waals surface area contributed by atoms with Crippen molar-refractivity contribution in [1.82, 2.24) is 0 Å². The second kappa shape index (κ2) is 12.6. The molecule has 0 bridgehead atoms. The molecule has 4 heteroatoms. The van der Waals surface area contributed by atoms with Gasteiger partial charge in [0.2, 0.25) is 0 Å². The Kier molecular flexibility index (Phi) is 10.8. The first kappa shape index (κ1) is 25.8. The molecule has 2 fully saturated rings. The molecule has 4 atom stereocenters. The Bertz CT molecular complexity index is 455. The summed E-state index contributed by atoms with van der Waals surface area (Å²) in [6.07, 6.45) is 19.5. The molecule has 0 aliphatic carbocycles. The van der Waals surface area contributed by atoms with Gasteiger partial charge in [-0.2, -0.15) is 0 Å². The first-order valence-electron chi connectivity index (χ1n) is 12.4. The molecule has 2 aliphatic heterocycles. The molecule has 2 aliphatic rings. The zero-order valence-corrected chi connectivity index (χ0v) is 20.1. The van der Waals surface area contributed by atoms with Crippen LogP contribution in [0.4, 0.5) is 0 Å². The van der Waals surface area contributed by atoms with Gasteiger partial charge in [0.1, 0.15) is 0 Å². The highest BCUT2D eigenvalue weighted by Crippen LogP contribution is 2.30. The molecule has 0 amide bonds. The van der Waals surface area contributed by atoms with E-state index in [1.54, 1.807) is 0 Å². The SMILES string of the molecule is CC(C)(CO)CCCCC1CCC(C=CC2CCC(CCCCC(C)(C)CO)O2)O1. The van der Waals surface area contributed by atoms with Gasteiger partial charge in [0.05, 0.1) is 24.4 Å². The molecule has 4 nitrogen and oxygen atoms in total. The van der Waals surface area contributed by atoms with Crippen LogP contribution in [0.25, 0.3) is 0 Å². The van der Waals surface area contributed by atoms with E-state index >= 15 is 0 Å². The molecule has 176 valence electrons. The van der Waals surface area contributed by atoms with Crippen LogP contribution in [0, 0.1) is 10.8 Å². The first-order chi connectivity index (χ1) is 14.2. The first-order valence-corrected chi connectivity index (χ1v) is 12.4. The zero-order chi connectivity index (χ0) is 22.0. The van der Waals surface area contributed by atoms with E-state index in [1.807, 2.05) is 0 Å². The van der Waals surface area contributed by atoms with Gasteiger partial charge >= 0.3 is 0 Å². The average molecular weight is 425 g/mol. The number of aliphatic hydroxyl groups excluding tert-OH is 2. The summed E-state index contributed by atoms with van der Waals surface area (Å²) < 4.78 is 12.4. The van der Waals surface area contributed by atoms with Crippen molar-refractivity contribution in [3.05, 3.63) is 12.2 Å². The fourth-order valence-corrected chi connectivity index (χ4v) is 4.53. The summed E-state index contributed by atoms with van der Waals surface area (Å²) in [7, 11) is 0. The maximum absolute atomic E-state index is 9.35. The molecule has 0 spiro atoms. The van der Waals surface area contributed by atoms with Crippen LogP contribution in [0.15, 0.2) is 12.2 Å². The van der Waals surface area contributed by atoms with Crippen LogP contribution in [0.5, 0.6) is 0 Å². The Morgan fingerprint density at radius 3 is 1.43 bits per heavy atom. The number of hydrogen-bond donors (Lipinski definition) is 2. The quantitative estimate of drug-likeness (QED) is 0.273. The van der Waals surface area contributed by atoms with E-state index < -0.39 is 0 Å². The van der Waals surface area contributed by atoms with Gasteiger partial charge in [-0.15, -0.1) is 0 Å². The lowest BCUT2D eigenvalue weighted by atomic mass is 9.88. The summed E-state index contributed by atoms with van der Waals surface area (Å²) >= 11 is 0. The third kappa shape index (κ3) is 9.80. The predicted octanol–water partition coefficient (Wildman–Crippen LogP) is 5.80. The van der Waals surface area contributed by atoms with Crippen molar-refractivity contribution in [3.63, 3.8) is 0 Å². The molecule has 2 N–H and O–H groups in total. The monoisotopic (exact) mass is 424 g/mol. The Morgan fingerprint density at radius 1 is 0.667 bits per heavy atom. The Hall–Kier alpha value is -0.420. The number of hydrogen-bond acceptors (Lipinski definition) is 4. The maximum atomic E-state index is 9.35. The van der Waals surface area contributed by atoms with Crippen molar-refractivity contribution in [2.45, 2.75) is 129 Å². The van der Waals surface area contributed by atoms with Crippen molar-refractivity contribution in [2.75, 3.05) is 13.2 Å². The molecule has 0 aromatic heterocycles. The molecule has 0 saturated carbocycles. The Balaban J connectivity index is 1.55. The topological polar surface area (TPSA) is 58.9 Å². The van der Waals surface area contributed by atoms with Crippen LogP contribution >= 0.6 is 0 Å². The fraction of sp³-hybridized carbons (Fsp3) is 0.923. The summed E-state index contributed by atoms with van der Waals surface area (Å²) in [6.45, 7) is 9.07. The van der Waals surface area contributed by atoms with Crippen molar-refractivity contribution in [1.29, 1.82) is 0 Å². The van der Waals surface area contributed by atoms with Gasteiger partial charge in [-0.1, -0.05) is 65.5 Å². The summed E-state index contributed by atoms with van der Waals surface area (Å²) in [6, 6.07) is 0. The van der Waals surface area contributed by atoms with E-state index in [9.17, 15) is 10.2 Å². The van der Waals surface area contributed by atoms with E-state index in [2.05, 4.69) is 39.8 Å². The van der Waals surface area contributed by atoms with Gasteiger partial charge in [0.25, 0.3) is 0 Å². The van der Waals surface area contributed by atoms with Gasteiger partial charge in [0, 0.05) is 13.2 Å². The molecule has 2 rings (SSSR count). The number of aliphatic hydroxyl groups is 2. The second-order valence-electron chi connectivity index (χ2n) is 11.3. The summed E-state index contributed by atoms with van der Waals surface area (Å²) in [5.74, 6) is 0. The van der Waals surface area contributed by atoms with Gasteiger partial charge in [-0.3, -0.25) is 0 Å². The van der Waals surface area contributed by atoms with Gasteiger partial charge in [-0.25, -0.2) is 0 Å². The third-order valence-corrected chi connectivity index (χ3v) is 6.94. The van der Waals surface area contributed by atoms with Crippen LogP contribution in [0.3, 0.4) is 0 Å². The van der Waals surface area contributed by atoms with Crippen LogP contribution < -0.4 is 0 Å². The molecule has 0 aromatic rings. The molecule has 2 saturated heterocycles. The van der Waals surface area contributed by atoms with Crippen LogP contribution in [-0.4, -0.2) is 47.8 Å². The number of rotatable bonds is 14. The minimum atomic E-state index is 0.0525. The zero-order valence-electron chi connectivity index (χ0n) is 20.1. The summed E-state index contributed by atoms with van der Waals surface area (Å²) in [5.41, 5.74) is 0.105. The highest BCUT2D eigenvalue weighted by molar-refractivity contribution is 4.99. The molecule has 2 heterocycles. The van der Waals surface area contributed by atoms with Crippen LogP contribution in [0.1, 0.15) is 105 Å². The Labute approximate surface area is 185 Å². The van der Waals surface area contributed by atoms with Crippen molar-refractivity contribution < 1.29 is 19.7 Å². The molecule has 0 aromatic carbocycles. The lowest BCUT2D eigenvalue weighted by molar-refractivity contribution is 0.0545. The van der Waals surface area contributed by atoms with Gasteiger partial charge in [-0.05, 0) is 62.2 Å². The Morgan fingerprint density at radius 2 is 1.07 bits per heavy atom. The summed E-state index contributed by atoms with van der Waals surface area (Å²) in [4.78, 5) is 0. The van der Waals surface area contributed by atoms with E-state index in [4.69, 9.17) is 9.47 Å². The van der Waals surface area contributed by atoms with Crippen molar-refractivity contribution in [2.24, 2.45) is 10.8 Å². The molecule has 0 radical (unpaired) electrons. The second-order valence-corrected chi connectivity index (χ2v) is 11.3. The van der Waals surface area contributed by atoms with Crippen molar-refractivity contribution >= 4 is 0 Å². The molecular formula is C26H48O4. The smallest absolute Gasteiger partial charge is 0.0761 e. The largest absolute Gasteiger partial charge is 0.396 e. The van der Waals surface area contributed by atoms with Crippen LogP contribution in [0.2, 0.25) is 0 Å². The van der Waals surface area contributed by atoms with Crippen molar-refractivity contribution in [3.8, 4) is 0 Å². The normalized spacial score (nSPS) is 28.1. The third-order valence-electron chi connectivity index (χ3n) is 6.94. The predicted molar refractivity (Wildman–Crippen MR) is 124 cm³/mol. The van der Waals surface area contributed by atoms with E-state index in [0.717, 1.165) is 51.4 Å². The van der Waals surface area contributed by atoms with E-state index in [1.165, 1.54) is 25.7 Å². The fourth-order valence-electron chi connectivity index (χ4n) is 4.53. The standard InChI is InChI=1S/C26H48O4/c1-25(2,19-27)17-7-5-9-21-11-13-23(29-21)15-16-24-14-12-22(30-24)10-6-8-18-26(3,4)20-28/h15-16,21-24,27-28H,5-14,17-20H2,1-4H3.